The van der Waals surface area contributed by atoms with Crippen molar-refractivity contribution < 1.29 is 80.2 Å². The molecule has 0 bridgehead atoms. The summed E-state index contributed by atoms with van der Waals surface area (Å²) >= 11 is 0. The first-order valence-corrected chi connectivity index (χ1v) is 40.7. The van der Waals surface area contributed by atoms with E-state index in [1.165, 1.54) is 161 Å². The minimum atomic E-state index is -4.96. The molecular formula is C73H142O17P2. The van der Waals surface area contributed by atoms with Crippen LogP contribution in [-0.4, -0.2) is 96.7 Å². The fourth-order valence-electron chi connectivity index (χ4n) is 11.0. The highest BCUT2D eigenvalue weighted by Crippen LogP contribution is 2.45. The zero-order valence-electron chi connectivity index (χ0n) is 60.2. The lowest BCUT2D eigenvalue weighted by Crippen LogP contribution is -2.30. The number of aliphatic hydroxyl groups excluding tert-OH is 1. The van der Waals surface area contributed by atoms with Gasteiger partial charge in [0, 0.05) is 25.7 Å². The molecule has 6 atom stereocenters. The number of hydrogen-bond acceptors (Lipinski definition) is 15. The Morgan fingerprint density at radius 1 is 0.304 bits per heavy atom. The van der Waals surface area contributed by atoms with Gasteiger partial charge in [0.1, 0.15) is 19.3 Å². The van der Waals surface area contributed by atoms with E-state index in [0.717, 1.165) is 114 Å². The number of esters is 4. The number of phosphoric ester groups is 2. The topological polar surface area (TPSA) is 237 Å². The normalized spacial score (nSPS) is 14.5. The molecule has 546 valence electrons. The van der Waals surface area contributed by atoms with Crippen molar-refractivity contribution in [3.8, 4) is 0 Å². The lowest BCUT2D eigenvalue weighted by molar-refractivity contribution is -0.161. The molecule has 0 aromatic carbocycles. The van der Waals surface area contributed by atoms with Crippen LogP contribution >= 0.6 is 15.6 Å². The van der Waals surface area contributed by atoms with E-state index in [0.29, 0.717) is 31.6 Å². The Labute approximate surface area is 562 Å². The van der Waals surface area contributed by atoms with Gasteiger partial charge in [0.25, 0.3) is 0 Å². The van der Waals surface area contributed by atoms with E-state index in [9.17, 15) is 43.2 Å². The molecule has 0 aliphatic carbocycles. The highest BCUT2D eigenvalue weighted by molar-refractivity contribution is 7.47. The molecule has 3 unspecified atom stereocenters. The van der Waals surface area contributed by atoms with Gasteiger partial charge in [0.05, 0.1) is 26.4 Å². The first kappa shape index (κ1) is 90.1. The third-order valence-electron chi connectivity index (χ3n) is 17.2. The van der Waals surface area contributed by atoms with E-state index >= 15 is 0 Å². The van der Waals surface area contributed by atoms with Crippen LogP contribution in [0.3, 0.4) is 0 Å². The zero-order valence-corrected chi connectivity index (χ0v) is 62.0. The van der Waals surface area contributed by atoms with Crippen LogP contribution in [0.25, 0.3) is 0 Å². The van der Waals surface area contributed by atoms with E-state index < -0.39 is 97.5 Å². The maximum absolute atomic E-state index is 13.1. The maximum Gasteiger partial charge on any atom is 0.472 e. The molecular weight excluding hydrogens is 1210 g/mol. The predicted octanol–water partition coefficient (Wildman–Crippen LogP) is 20.9. The quantitative estimate of drug-likeness (QED) is 0.0222. The van der Waals surface area contributed by atoms with Gasteiger partial charge < -0.3 is 33.8 Å². The predicted molar refractivity (Wildman–Crippen MR) is 372 cm³/mol. The van der Waals surface area contributed by atoms with Crippen LogP contribution in [0.15, 0.2) is 0 Å². The first-order chi connectivity index (χ1) is 44.1. The van der Waals surface area contributed by atoms with Gasteiger partial charge in [-0.15, -0.1) is 0 Å². The summed E-state index contributed by atoms with van der Waals surface area (Å²) in [5, 5.41) is 10.6. The van der Waals surface area contributed by atoms with Crippen LogP contribution in [0.2, 0.25) is 0 Å². The van der Waals surface area contributed by atoms with E-state index in [2.05, 4.69) is 55.4 Å². The molecule has 0 aliphatic heterocycles. The number of rotatable bonds is 70. The van der Waals surface area contributed by atoms with Gasteiger partial charge in [0.15, 0.2) is 12.2 Å². The van der Waals surface area contributed by atoms with Crippen molar-refractivity contribution in [1.82, 2.24) is 0 Å². The molecule has 0 amide bonds. The third kappa shape index (κ3) is 65.4. The minimum Gasteiger partial charge on any atom is -0.462 e. The largest absolute Gasteiger partial charge is 0.472 e. The summed E-state index contributed by atoms with van der Waals surface area (Å²) in [5.41, 5.74) is 0. The smallest absolute Gasteiger partial charge is 0.462 e. The van der Waals surface area contributed by atoms with Crippen molar-refractivity contribution in [2.45, 2.75) is 382 Å². The Bertz CT molecular complexity index is 1820. The summed E-state index contributed by atoms with van der Waals surface area (Å²) in [4.78, 5) is 72.6. The molecule has 0 aromatic rings. The molecule has 0 aromatic heterocycles. The van der Waals surface area contributed by atoms with Crippen LogP contribution in [0.4, 0.5) is 0 Å². The van der Waals surface area contributed by atoms with Gasteiger partial charge >= 0.3 is 39.5 Å². The average Bonchev–Trinajstić information content (AvgIpc) is 1.75. The number of aliphatic hydroxyl groups is 1. The Kier molecular flexibility index (Phi) is 61.3. The summed E-state index contributed by atoms with van der Waals surface area (Å²) in [5.74, 6) is 0.855. The van der Waals surface area contributed by atoms with Crippen molar-refractivity contribution in [3.63, 3.8) is 0 Å². The molecule has 0 radical (unpaired) electrons. The second-order valence-corrected chi connectivity index (χ2v) is 30.9. The summed E-state index contributed by atoms with van der Waals surface area (Å²) in [6, 6.07) is 0. The Morgan fingerprint density at radius 3 is 0.772 bits per heavy atom. The molecule has 0 saturated carbocycles. The van der Waals surface area contributed by atoms with Gasteiger partial charge in [-0.05, 0) is 49.4 Å². The lowest BCUT2D eigenvalue weighted by Gasteiger charge is -2.21. The second kappa shape index (κ2) is 62.6. The molecule has 0 spiro atoms. The number of hydrogen-bond donors (Lipinski definition) is 3. The molecule has 0 aliphatic rings. The van der Waals surface area contributed by atoms with Crippen LogP contribution in [0, 0.1) is 23.7 Å². The van der Waals surface area contributed by atoms with Gasteiger partial charge in [-0.3, -0.25) is 37.3 Å². The van der Waals surface area contributed by atoms with Crippen molar-refractivity contribution in [3.05, 3.63) is 0 Å². The van der Waals surface area contributed by atoms with Crippen LogP contribution < -0.4 is 0 Å². The number of unbranched alkanes of at least 4 members (excludes halogenated alkanes) is 35. The third-order valence-corrected chi connectivity index (χ3v) is 19.1. The van der Waals surface area contributed by atoms with Gasteiger partial charge in [-0.2, -0.15) is 0 Å². The molecule has 0 rings (SSSR count). The SMILES string of the molecule is CCC(C)CCCCCCCCC(=O)O[C@H](COC(=O)CCCCCCCCC(C)C)COP(=O)(O)OC[C@H](O)COP(=O)(O)OC[C@@H](COC(=O)CCCCCCCCCCCCCCC(C)C)OC(=O)CCCCCCCCCCCCCCCCCC(C)C. The highest BCUT2D eigenvalue weighted by Gasteiger charge is 2.30. The Balaban J connectivity index is 5.23. The lowest BCUT2D eigenvalue weighted by atomic mass is 10.00. The van der Waals surface area contributed by atoms with Crippen molar-refractivity contribution in [2.24, 2.45) is 23.7 Å². The first-order valence-electron chi connectivity index (χ1n) is 37.7. The summed E-state index contributed by atoms with van der Waals surface area (Å²) in [6.07, 6.45) is 46.1. The highest BCUT2D eigenvalue weighted by atomic mass is 31.2. The second-order valence-electron chi connectivity index (χ2n) is 28.0. The van der Waals surface area contributed by atoms with Crippen molar-refractivity contribution in [2.75, 3.05) is 39.6 Å². The van der Waals surface area contributed by atoms with Crippen molar-refractivity contribution >= 4 is 39.5 Å². The molecule has 19 heteroatoms. The molecule has 0 saturated heterocycles. The fourth-order valence-corrected chi connectivity index (χ4v) is 12.6. The zero-order chi connectivity index (χ0) is 68.2. The number of carbonyl (C=O) groups is 4. The molecule has 0 heterocycles. The van der Waals surface area contributed by atoms with E-state index in [-0.39, 0.29) is 25.7 Å². The fraction of sp³-hybridized carbons (Fsp3) is 0.945. The summed E-state index contributed by atoms with van der Waals surface area (Å²) < 4.78 is 68.3. The summed E-state index contributed by atoms with van der Waals surface area (Å²) in [7, 11) is -9.91. The minimum absolute atomic E-state index is 0.102. The number of phosphoric acid groups is 2. The number of ether oxygens (including phenoxy) is 4. The standard InChI is InChI=1S/C73H142O17P2/c1-9-66(8)52-44-36-30-32-40-48-56-73(78)90-69(60-84-71(76)54-46-38-31-29-35-43-51-65(6)7)62-88-92(81,82)86-58-67(74)57-85-91(79,80)87-61-68(59-83-70(75)53-45-37-27-23-19-16-15-18-22-26-34-42-50-64(4)5)89-72(77)55-47-39-28-24-20-14-12-10-11-13-17-21-25-33-41-49-63(2)3/h63-69,74H,9-62H2,1-8H3,(H,79,80)(H,81,82)/t66?,67-,68-,69-/m1/s1. The Hall–Kier alpha value is -1.94. The van der Waals surface area contributed by atoms with Crippen LogP contribution in [-0.2, 0) is 65.4 Å². The molecule has 3 N–H and O–H groups in total. The maximum atomic E-state index is 13.1. The van der Waals surface area contributed by atoms with E-state index in [4.69, 9.17) is 37.0 Å². The van der Waals surface area contributed by atoms with Crippen molar-refractivity contribution in [1.29, 1.82) is 0 Å². The molecule has 0 fully saturated rings. The molecule has 92 heavy (non-hydrogen) atoms. The summed E-state index contributed by atoms with van der Waals surface area (Å²) in [6.45, 7) is 14.1. The monoisotopic (exact) mass is 1350 g/mol. The van der Waals surface area contributed by atoms with Gasteiger partial charge in [-0.1, -0.05) is 312 Å². The van der Waals surface area contributed by atoms with E-state index in [1.807, 2.05) is 0 Å². The Morgan fingerprint density at radius 2 is 0.522 bits per heavy atom. The number of carbonyl (C=O) groups excluding carboxylic acids is 4. The average molecular weight is 1350 g/mol. The van der Waals surface area contributed by atoms with Gasteiger partial charge in [0.2, 0.25) is 0 Å². The van der Waals surface area contributed by atoms with Crippen LogP contribution in [0.1, 0.15) is 364 Å². The van der Waals surface area contributed by atoms with Crippen LogP contribution in [0.5, 0.6) is 0 Å². The molecule has 17 nitrogen and oxygen atoms in total. The van der Waals surface area contributed by atoms with Gasteiger partial charge in [-0.25, -0.2) is 9.13 Å². The van der Waals surface area contributed by atoms with E-state index in [1.54, 1.807) is 0 Å².